The fourth-order valence-corrected chi connectivity index (χ4v) is 2.49. The molecule has 1 radical (unpaired) electrons. The fourth-order valence-electron chi connectivity index (χ4n) is 2.49. The second kappa shape index (κ2) is 7.79. The third-order valence-electron chi connectivity index (χ3n) is 3.53. The van der Waals surface area contributed by atoms with Crippen LogP contribution in [-0.4, -0.2) is 38.1 Å². The lowest BCUT2D eigenvalue weighted by Crippen LogP contribution is -2.45. The zero-order valence-electron chi connectivity index (χ0n) is 14.3. The van der Waals surface area contributed by atoms with Gasteiger partial charge in [-0.1, -0.05) is 12.1 Å². The standard InChI is InChI=1S/C18H26NO4/c1-18(2,3)23-16-11-13(9-10-19-16)12-22-15-8-6-5-7-14(15)17(20)21-4/h5-8,11,13,16,19H,9-10,12H2,1-4H3. The SMILES string of the molecule is COC(=O)c1ccccc1OCC1[CH]C(OC(C)(C)C)NCC1. The largest absolute Gasteiger partial charge is 0.492 e. The van der Waals surface area contributed by atoms with Crippen LogP contribution in [0.25, 0.3) is 0 Å². The quantitative estimate of drug-likeness (QED) is 0.846. The molecule has 0 saturated carbocycles. The Kier molecular flexibility index (Phi) is 6.02. The third kappa shape index (κ3) is 5.52. The van der Waals surface area contributed by atoms with Gasteiger partial charge >= 0.3 is 5.97 Å². The molecule has 0 spiro atoms. The number of ether oxygens (including phenoxy) is 3. The van der Waals surface area contributed by atoms with E-state index in [4.69, 9.17) is 14.2 Å². The van der Waals surface area contributed by atoms with Crippen molar-refractivity contribution in [3.05, 3.63) is 36.2 Å². The number of rotatable bonds is 5. The van der Waals surface area contributed by atoms with Crippen LogP contribution >= 0.6 is 0 Å². The van der Waals surface area contributed by atoms with Gasteiger partial charge < -0.3 is 14.2 Å². The maximum atomic E-state index is 11.8. The van der Waals surface area contributed by atoms with Crippen molar-refractivity contribution in [1.29, 1.82) is 0 Å². The Bertz CT molecular complexity index is 524. The first-order chi connectivity index (χ1) is 10.9. The van der Waals surface area contributed by atoms with Crippen LogP contribution in [-0.2, 0) is 9.47 Å². The van der Waals surface area contributed by atoms with E-state index in [-0.39, 0.29) is 23.7 Å². The monoisotopic (exact) mass is 320 g/mol. The molecule has 23 heavy (non-hydrogen) atoms. The molecule has 1 fully saturated rings. The molecule has 2 rings (SSSR count). The van der Waals surface area contributed by atoms with Gasteiger partial charge in [0.05, 0.1) is 19.3 Å². The Hall–Kier alpha value is -1.59. The van der Waals surface area contributed by atoms with Crippen LogP contribution in [0.3, 0.4) is 0 Å². The van der Waals surface area contributed by atoms with Gasteiger partial charge in [0.15, 0.2) is 0 Å². The molecule has 1 aliphatic rings. The molecule has 0 aromatic heterocycles. The molecule has 5 nitrogen and oxygen atoms in total. The molecule has 1 heterocycles. The molecule has 127 valence electrons. The lowest BCUT2D eigenvalue weighted by Gasteiger charge is -2.34. The van der Waals surface area contributed by atoms with Crippen LogP contribution in [0.2, 0.25) is 0 Å². The van der Waals surface area contributed by atoms with E-state index in [1.165, 1.54) is 7.11 Å². The Labute approximate surface area is 138 Å². The summed E-state index contributed by atoms with van der Waals surface area (Å²) in [6.45, 7) is 7.50. The number of carbonyl (C=O) groups is 1. The first-order valence-corrected chi connectivity index (χ1v) is 7.95. The van der Waals surface area contributed by atoms with Gasteiger partial charge in [-0.05, 0) is 45.9 Å². The number of carbonyl (C=O) groups excluding carboxylic acids is 1. The summed E-state index contributed by atoms with van der Waals surface area (Å²) in [6.07, 6.45) is 3.04. The average molecular weight is 320 g/mol. The molecule has 1 saturated heterocycles. The highest BCUT2D eigenvalue weighted by molar-refractivity contribution is 5.92. The number of hydrogen-bond acceptors (Lipinski definition) is 5. The molecule has 2 atom stereocenters. The van der Waals surface area contributed by atoms with Gasteiger partial charge in [0, 0.05) is 12.3 Å². The van der Waals surface area contributed by atoms with Crippen molar-refractivity contribution in [1.82, 2.24) is 5.32 Å². The number of benzene rings is 1. The molecule has 2 unspecified atom stereocenters. The van der Waals surface area contributed by atoms with Crippen LogP contribution in [0.1, 0.15) is 37.6 Å². The van der Waals surface area contributed by atoms with Crippen molar-refractivity contribution in [2.45, 2.75) is 39.0 Å². The molecular formula is C18H26NO4. The van der Waals surface area contributed by atoms with Crippen LogP contribution in [0.15, 0.2) is 24.3 Å². The van der Waals surface area contributed by atoms with Crippen molar-refractivity contribution in [3.8, 4) is 5.75 Å². The summed E-state index contributed by atoms with van der Waals surface area (Å²) in [5.74, 6) is 0.442. The predicted molar refractivity (Wildman–Crippen MR) is 88.3 cm³/mol. The van der Waals surface area contributed by atoms with E-state index >= 15 is 0 Å². The van der Waals surface area contributed by atoms with E-state index in [9.17, 15) is 4.79 Å². The maximum Gasteiger partial charge on any atom is 0.341 e. The van der Waals surface area contributed by atoms with Crippen molar-refractivity contribution in [2.24, 2.45) is 5.92 Å². The summed E-state index contributed by atoms with van der Waals surface area (Å²) in [6, 6.07) is 7.14. The first-order valence-electron chi connectivity index (χ1n) is 7.95. The topological polar surface area (TPSA) is 56.8 Å². The Balaban J connectivity index is 1.92. The van der Waals surface area contributed by atoms with E-state index < -0.39 is 0 Å². The number of esters is 1. The molecular weight excluding hydrogens is 294 g/mol. The minimum atomic E-state index is -0.385. The summed E-state index contributed by atoms with van der Waals surface area (Å²) in [5, 5.41) is 3.34. The number of para-hydroxylation sites is 1. The zero-order chi connectivity index (χ0) is 16.9. The molecule has 0 amide bonds. The predicted octanol–water partition coefficient (Wildman–Crippen LogP) is 2.81. The molecule has 0 bridgehead atoms. The normalized spacial score (nSPS) is 21.7. The first kappa shape index (κ1) is 17.8. The van der Waals surface area contributed by atoms with E-state index in [1.54, 1.807) is 18.2 Å². The summed E-state index contributed by atoms with van der Waals surface area (Å²) in [5.41, 5.74) is 0.250. The van der Waals surface area contributed by atoms with E-state index in [0.29, 0.717) is 17.9 Å². The second-order valence-corrected chi connectivity index (χ2v) is 6.64. The van der Waals surface area contributed by atoms with Crippen LogP contribution in [0.4, 0.5) is 0 Å². The summed E-state index contributed by atoms with van der Waals surface area (Å²) in [4.78, 5) is 11.8. The van der Waals surface area contributed by atoms with Crippen LogP contribution < -0.4 is 10.1 Å². The average Bonchev–Trinajstić information content (AvgIpc) is 2.51. The minimum Gasteiger partial charge on any atom is -0.492 e. The summed E-state index contributed by atoms with van der Waals surface area (Å²) in [7, 11) is 1.37. The molecule has 1 aromatic rings. The van der Waals surface area contributed by atoms with Gasteiger partial charge in [0.2, 0.25) is 0 Å². The lowest BCUT2D eigenvalue weighted by atomic mass is 9.97. The number of piperidine rings is 1. The highest BCUT2D eigenvalue weighted by atomic mass is 16.5. The van der Waals surface area contributed by atoms with Gasteiger partial charge in [0.25, 0.3) is 0 Å². The van der Waals surface area contributed by atoms with Gasteiger partial charge in [-0.3, -0.25) is 5.32 Å². The van der Waals surface area contributed by atoms with Gasteiger partial charge in [0.1, 0.15) is 17.5 Å². The van der Waals surface area contributed by atoms with E-state index in [2.05, 4.69) is 11.7 Å². The van der Waals surface area contributed by atoms with Crippen molar-refractivity contribution in [2.75, 3.05) is 20.3 Å². The van der Waals surface area contributed by atoms with Crippen LogP contribution in [0, 0.1) is 12.3 Å². The minimum absolute atomic E-state index is 0.0757. The maximum absolute atomic E-state index is 11.8. The highest BCUT2D eigenvalue weighted by Gasteiger charge is 2.27. The molecule has 1 aromatic carbocycles. The Morgan fingerprint density at radius 2 is 2.04 bits per heavy atom. The lowest BCUT2D eigenvalue weighted by molar-refractivity contribution is -0.0709. The van der Waals surface area contributed by atoms with Crippen molar-refractivity contribution >= 4 is 5.97 Å². The van der Waals surface area contributed by atoms with Gasteiger partial charge in [-0.2, -0.15) is 0 Å². The molecule has 1 N–H and O–H groups in total. The zero-order valence-corrected chi connectivity index (χ0v) is 14.3. The summed E-state index contributed by atoms with van der Waals surface area (Å²) < 4.78 is 16.6. The van der Waals surface area contributed by atoms with Gasteiger partial charge in [-0.25, -0.2) is 4.79 Å². The van der Waals surface area contributed by atoms with Gasteiger partial charge in [-0.15, -0.1) is 0 Å². The second-order valence-electron chi connectivity index (χ2n) is 6.64. The molecule has 5 heteroatoms. The van der Waals surface area contributed by atoms with Crippen molar-refractivity contribution in [3.63, 3.8) is 0 Å². The third-order valence-corrected chi connectivity index (χ3v) is 3.53. The highest BCUT2D eigenvalue weighted by Crippen LogP contribution is 2.24. The van der Waals surface area contributed by atoms with E-state index in [1.807, 2.05) is 26.8 Å². The number of nitrogens with one attached hydrogen (secondary N) is 1. The summed E-state index contributed by atoms with van der Waals surface area (Å²) >= 11 is 0. The number of hydrogen-bond donors (Lipinski definition) is 1. The molecule has 0 aliphatic carbocycles. The number of methoxy groups -OCH3 is 1. The van der Waals surface area contributed by atoms with Crippen LogP contribution in [0.5, 0.6) is 5.75 Å². The smallest absolute Gasteiger partial charge is 0.341 e. The Morgan fingerprint density at radius 1 is 1.30 bits per heavy atom. The fraction of sp³-hybridized carbons (Fsp3) is 0.556. The Morgan fingerprint density at radius 3 is 2.74 bits per heavy atom. The van der Waals surface area contributed by atoms with Crippen molar-refractivity contribution < 1.29 is 19.0 Å². The van der Waals surface area contributed by atoms with E-state index in [0.717, 1.165) is 13.0 Å². The molecule has 1 aliphatic heterocycles.